The van der Waals surface area contributed by atoms with Crippen molar-refractivity contribution in [2.45, 2.75) is 44.7 Å². The fourth-order valence-corrected chi connectivity index (χ4v) is 3.75. The molecule has 0 spiro atoms. The first kappa shape index (κ1) is 13.9. The van der Waals surface area contributed by atoms with Crippen molar-refractivity contribution in [3.05, 3.63) is 29.8 Å². The molecule has 0 saturated carbocycles. The van der Waals surface area contributed by atoms with Crippen LogP contribution in [0, 0.1) is 0 Å². The van der Waals surface area contributed by atoms with E-state index in [0.29, 0.717) is 6.04 Å². The molecule has 0 aromatic heterocycles. The van der Waals surface area contributed by atoms with Crippen LogP contribution in [0.2, 0.25) is 0 Å². The fourth-order valence-electron chi connectivity index (χ4n) is 3.75. The zero-order valence-electron chi connectivity index (χ0n) is 12.6. The van der Waals surface area contributed by atoms with E-state index in [9.17, 15) is 0 Å². The highest BCUT2D eigenvalue weighted by atomic mass is 15.3. The number of nitrogens with two attached hydrogens (primary N) is 1. The Kier molecular flexibility index (Phi) is 4.27. The van der Waals surface area contributed by atoms with Crippen molar-refractivity contribution in [2.24, 2.45) is 0 Å². The summed E-state index contributed by atoms with van der Waals surface area (Å²) >= 11 is 0. The number of nitrogens with zero attached hydrogens (tertiary/aromatic N) is 2. The molecule has 2 heterocycles. The van der Waals surface area contributed by atoms with Crippen LogP contribution in [0.5, 0.6) is 0 Å². The molecule has 2 fully saturated rings. The van der Waals surface area contributed by atoms with Gasteiger partial charge in [0.15, 0.2) is 0 Å². The number of fused-ring (bicyclic) bond motifs is 1. The van der Waals surface area contributed by atoms with Crippen LogP contribution >= 0.6 is 0 Å². The molecule has 0 aliphatic carbocycles. The van der Waals surface area contributed by atoms with Gasteiger partial charge in [-0.05, 0) is 50.4 Å². The summed E-state index contributed by atoms with van der Waals surface area (Å²) in [7, 11) is 0. The van der Waals surface area contributed by atoms with Gasteiger partial charge in [-0.15, -0.1) is 0 Å². The largest absolute Gasteiger partial charge is 0.399 e. The first-order chi connectivity index (χ1) is 9.72. The molecular formula is C17H27N3. The van der Waals surface area contributed by atoms with Crippen LogP contribution in [0.4, 0.5) is 5.69 Å². The van der Waals surface area contributed by atoms with Gasteiger partial charge in [0.2, 0.25) is 0 Å². The monoisotopic (exact) mass is 273 g/mol. The molecule has 2 aliphatic heterocycles. The maximum atomic E-state index is 5.86. The van der Waals surface area contributed by atoms with E-state index in [-0.39, 0.29) is 0 Å². The molecule has 2 N–H and O–H groups in total. The van der Waals surface area contributed by atoms with Crippen LogP contribution in [0.15, 0.2) is 24.3 Å². The predicted octanol–water partition coefficient (Wildman–Crippen LogP) is 2.37. The second-order valence-corrected chi connectivity index (χ2v) is 6.48. The first-order valence-electron chi connectivity index (χ1n) is 8.05. The second-order valence-electron chi connectivity index (χ2n) is 6.48. The van der Waals surface area contributed by atoms with E-state index in [0.717, 1.165) is 24.7 Å². The normalized spacial score (nSPS) is 28.2. The molecule has 1 aromatic rings. The molecule has 3 nitrogen and oxygen atoms in total. The van der Waals surface area contributed by atoms with Crippen LogP contribution in [0.25, 0.3) is 0 Å². The van der Waals surface area contributed by atoms with E-state index in [2.05, 4.69) is 34.9 Å². The van der Waals surface area contributed by atoms with Crippen LogP contribution in [0.1, 0.15) is 31.7 Å². The van der Waals surface area contributed by atoms with Gasteiger partial charge in [-0.2, -0.15) is 0 Å². The number of rotatable bonds is 3. The summed E-state index contributed by atoms with van der Waals surface area (Å²) in [5.74, 6) is 0. The Morgan fingerprint density at radius 1 is 1.25 bits per heavy atom. The van der Waals surface area contributed by atoms with Crippen molar-refractivity contribution in [3.63, 3.8) is 0 Å². The zero-order chi connectivity index (χ0) is 13.9. The Bertz CT molecular complexity index is 446. The van der Waals surface area contributed by atoms with Gasteiger partial charge in [0.1, 0.15) is 0 Å². The average Bonchev–Trinajstić information content (AvgIpc) is 2.45. The number of hydrogen-bond donors (Lipinski definition) is 1. The summed E-state index contributed by atoms with van der Waals surface area (Å²) in [6.07, 6.45) is 5.31. The lowest BCUT2D eigenvalue weighted by Gasteiger charge is -2.47. The molecular weight excluding hydrogens is 246 g/mol. The lowest BCUT2D eigenvalue weighted by Crippen LogP contribution is -2.58. The van der Waals surface area contributed by atoms with E-state index in [1.165, 1.54) is 44.5 Å². The maximum absolute atomic E-state index is 5.86. The SMILES string of the molecule is CC1CN2CCCCC2CN1CCc1cccc(N)c1. The minimum Gasteiger partial charge on any atom is -0.399 e. The van der Waals surface area contributed by atoms with E-state index >= 15 is 0 Å². The van der Waals surface area contributed by atoms with Gasteiger partial charge in [-0.1, -0.05) is 18.6 Å². The van der Waals surface area contributed by atoms with Crippen LogP contribution in [-0.2, 0) is 6.42 Å². The van der Waals surface area contributed by atoms with Gasteiger partial charge < -0.3 is 5.73 Å². The van der Waals surface area contributed by atoms with Crippen molar-refractivity contribution < 1.29 is 0 Å². The second kappa shape index (κ2) is 6.15. The van der Waals surface area contributed by atoms with Crippen LogP contribution < -0.4 is 5.73 Å². The quantitative estimate of drug-likeness (QED) is 0.858. The van der Waals surface area contributed by atoms with Crippen molar-refractivity contribution in [3.8, 4) is 0 Å². The minimum atomic E-state index is 0.686. The summed E-state index contributed by atoms with van der Waals surface area (Å²) < 4.78 is 0. The molecule has 0 radical (unpaired) electrons. The molecule has 2 aliphatic rings. The van der Waals surface area contributed by atoms with Crippen LogP contribution in [0.3, 0.4) is 0 Å². The van der Waals surface area contributed by atoms with Crippen molar-refractivity contribution in [1.82, 2.24) is 9.80 Å². The van der Waals surface area contributed by atoms with Gasteiger partial charge in [0, 0.05) is 37.4 Å². The van der Waals surface area contributed by atoms with Crippen molar-refractivity contribution in [1.29, 1.82) is 0 Å². The highest BCUT2D eigenvalue weighted by molar-refractivity contribution is 5.40. The average molecular weight is 273 g/mol. The molecule has 20 heavy (non-hydrogen) atoms. The Morgan fingerprint density at radius 2 is 2.15 bits per heavy atom. The first-order valence-corrected chi connectivity index (χ1v) is 8.05. The summed E-state index contributed by atoms with van der Waals surface area (Å²) in [4.78, 5) is 5.39. The van der Waals surface area contributed by atoms with Crippen molar-refractivity contribution >= 4 is 5.69 Å². The summed E-state index contributed by atoms with van der Waals surface area (Å²) in [5, 5.41) is 0. The Morgan fingerprint density at radius 3 is 3.00 bits per heavy atom. The Balaban J connectivity index is 1.57. The van der Waals surface area contributed by atoms with Gasteiger partial charge >= 0.3 is 0 Å². The summed E-state index contributed by atoms with van der Waals surface area (Å²) in [5.41, 5.74) is 8.11. The molecule has 0 amide bonds. The van der Waals surface area contributed by atoms with Gasteiger partial charge in [-0.3, -0.25) is 9.80 Å². The third kappa shape index (κ3) is 3.15. The number of benzene rings is 1. The molecule has 2 unspecified atom stereocenters. The fraction of sp³-hybridized carbons (Fsp3) is 0.647. The topological polar surface area (TPSA) is 32.5 Å². The van der Waals surface area contributed by atoms with Crippen molar-refractivity contribution in [2.75, 3.05) is 31.9 Å². The Hall–Kier alpha value is -1.06. The standard InChI is InChI=1S/C17H27N3/c1-14-12-20-9-3-2-7-17(20)13-19(14)10-8-15-5-4-6-16(18)11-15/h4-6,11,14,17H,2-3,7-10,12-13,18H2,1H3. The number of piperidine rings is 1. The third-order valence-electron chi connectivity index (χ3n) is 4.96. The van der Waals surface area contributed by atoms with Gasteiger partial charge in [0.25, 0.3) is 0 Å². The number of anilines is 1. The highest BCUT2D eigenvalue weighted by Crippen LogP contribution is 2.24. The Labute approximate surface area is 122 Å². The lowest BCUT2D eigenvalue weighted by molar-refractivity contribution is 0.0160. The summed E-state index contributed by atoms with van der Waals surface area (Å²) in [6, 6.07) is 9.82. The number of hydrogen-bond acceptors (Lipinski definition) is 3. The van der Waals surface area contributed by atoms with Crippen LogP contribution in [-0.4, -0.2) is 48.1 Å². The molecule has 3 heteroatoms. The highest BCUT2D eigenvalue weighted by Gasteiger charge is 2.32. The van der Waals surface area contributed by atoms with E-state index in [4.69, 9.17) is 5.73 Å². The number of nitrogen functional groups attached to an aromatic ring is 1. The molecule has 0 bridgehead atoms. The summed E-state index contributed by atoms with van der Waals surface area (Å²) in [6.45, 7) is 7.36. The van der Waals surface area contributed by atoms with E-state index in [1.807, 2.05) is 6.07 Å². The van der Waals surface area contributed by atoms with Gasteiger partial charge in [-0.25, -0.2) is 0 Å². The smallest absolute Gasteiger partial charge is 0.0316 e. The van der Waals surface area contributed by atoms with E-state index in [1.54, 1.807) is 0 Å². The number of piperazine rings is 1. The third-order valence-corrected chi connectivity index (χ3v) is 4.96. The molecule has 2 atom stereocenters. The maximum Gasteiger partial charge on any atom is 0.0316 e. The lowest BCUT2D eigenvalue weighted by atomic mass is 9.97. The minimum absolute atomic E-state index is 0.686. The zero-order valence-corrected chi connectivity index (χ0v) is 12.6. The molecule has 2 saturated heterocycles. The molecule has 110 valence electrons. The van der Waals surface area contributed by atoms with E-state index < -0.39 is 0 Å². The van der Waals surface area contributed by atoms with Gasteiger partial charge in [0.05, 0.1) is 0 Å². The molecule has 1 aromatic carbocycles. The predicted molar refractivity (Wildman–Crippen MR) is 84.8 cm³/mol. The molecule has 3 rings (SSSR count).